The summed E-state index contributed by atoms with van der Waals surface area (Å²) in [6.07, 6.45) is 0. The highest BCUT2D eigenvalue weighted by Gasteiger charge is 2.11. The van der Waals surface area contributed by atoms with Gasteiger partial charge < -0.3 is 11.1 Å². The topological polar surface area (TPSA) is 78.9 Å². The SMILES string of the molecule is N#Cc1ccc(NC(=O)c2ccc(F)cc2N)cc1Cl. The zero-order chi connectivity index (χ0) is 14.7. The number of nitrogen functional groups attached to an aromatic ring is 1. The molecule has 0 radical (unpaired) electrons. The van der Waals surface area contributed by atoms with Gasteiger partial charge in [-0.3, -0.25) is 4.79 Å². The van der Waals surface area contributed by atoms with Crippen molar-refractivity contribution in [2.45, 2.75) is 0 Å². The van der Waals surface area contributed by atoms with Crippen LogP contribution < -0.4 is 11.1 Å². The van der Waals surface area contributed by atoms with E-state index in [-0.39, 0.29) is 16.3 Å². The summed E-state index contributed by atoms with van der Waals surface area (Å²) in [7, 11) is 0. The van der Waals surface area contributed by atoms with E-state index in [1.54, 1.807) is 6.07 Å². The first-order valence-corrected chi connectivity index (χ1v) is 5.95. The van der Waals surface area contributed by atoms with E-state index in [9.17, 15) is 9.18 Å². The second-order valence-corrected chi connectivity index (χ2v) is 4.40. The average Bonchev–Trinajstić information content (AvgIpc) is 2.38. The van der Waals surface area contributed by atoms with Crippen LogP contribution in [0, 0.1) is 17.1 Å². The smallest absolute Gasteiger partial charge is 0.257 e. The molecular formula is C14H9ClFN3O. The number of nitrogens with two attached hydrogens (primary N) is 1. The highest BCUT2D eigenvalue weighted by molar-refractivity contribution is 6.32. The third kappa shape index (κ3) is 2.87. The molecule has 100 valence electrons. The summed E-state index contributed by atoms with van der Waals surface area (Å²) in [6, 6.07) is 9.93. The Kier molecular flexibility index (Phi) is 3.87. The summed E-state index contributed by atoms with van der Waals surface area (Å²) in [6.45, 7) is 0. The summed E-state index contributed by atoms with van der Waals surface area (Å²) in [5, 5.41) is 11.6. The molecule has 0 aliphatic carbocycles. The lowest BCUT2D eigenvalue weighted by Crippen LogP contribution is -2.14. The third-order valence-electron chi connectivity index (χ3n) is 2.61. The maximum absolute atomic E-state index is 12.9. The second kappa shape index (κ2) is 5.59. The number of nitriles is 1. The molecule has 0 aliphatic heterocycles. The van der Waals surface area contributed by atoms with Crippen LogP contribution in [0.4, 0.5) is 15.8 Å². The van der Waals surface area contributed by atoms with Crippen molar-refractivity contribution in [2.75, 3.05) is 11.1 Å². The van der Waals surface area contributed by atoms with E-state index in [1.165, 1.54) is 18.2 Å². The third-order valence-corrected chi connectivity index (χ3v) is 2.92. The zero-order valence-corrected chi connectivity index (χ0v) is 10.9. The Bertz CT molecular complexity index is 725. The first-order valence-electron chi connectivity index (χ1n) is 5.57. The van der Waals surface area contributed by atoms with Crippen molar-refractivity contribution >= 4 is 28.9 Å². The predicted octanol–water partition coefficient (Wildman–Crippen LogP) is 3.19. The zero-order valence-electron chi connectivity index (χ0n) is 10.2. The van der Waals surface area contributed by atoms with Gasteiger partial charge in [-0.1, -0.05) is 11.6 Å². The molecule has 2 rings (SSSR count). The molecule has 0 aromatic heterocycles. The van der Waals surface area contributed by atoms with E-state index >= 15 is 0 Å². The number of anilines is 2. The molecule has 0 fully saturated rings. The Labute approximate surface area is 119 Å². The summed E-state index contributed by atoms with van der Waals surface area (Å²) < 4.78 is 12.9. The standard InChI is InChI=1S/C14H9ClFN3O/c15-12-6-10(3-1-8(12)7-17)19-14(20)11-4-2-9(16)5-13(11)18/h1-6H,18H2,(H,19,20). The van der Waals surface area contributed by atoms with Crippen LogP contribution in [0.5, 0.6) is 0 Å². The van der Waals surface area contributed by atoms with E-state index in [2.05, 4.69) is 5.32 Å². The van der Waals surface area contributed by atoms with Crippen molar-refractivity contribution in [3.63, 3.8) is 0 Å². The van der Waals surface area contributed by atoms with Gasteiger partial charge in [-0.05, 0) is 36.4 Å². The number of rotatable bonds is 2. The number of benzene rings is 2. The molecule has 0 bridgehead atoms. The molecule has 0 saturated carbocycles. The van der Waals surface area contributed by atoms with Crippen LogP contribution in [-0.4, -0.2) is 5.91 Å². The van der Waals surface area contributed by atoms with Crippen LogP contribution in [-0.2, 0) is 0 Å². The monoisotopic (exact) mass is 289 g/mol. The fourth-order valence-corrected chi connectivity index (χ4v) is 1.85. The quantitative estimate of drug-likeness (QED) is 0.833. The van der Waals surface area contributed by atoms with Gasteiger partial charge in [0.25, 0.3) is 5.91 Å². The van der Waals surface area contributed by atoms with E-state index in [4.69, 9.17) is 22.6 Å². The number of amides is 1. The van der Waals surface area contributed by atoms with E-state index < -0.39 is 11.7 Å². The molecule has 3 N–H and O–H groups in total. The van der Waals surface area contributed by atoms with Crippen molar-refractivity contribution in [1.82, 2.24) is 0 Å². The predicted molar refractivity (Wildman–Crippen MR) is 74.9 cm³/mol. The van der Waals surface area contributed by atoms with Crippen LogP contribution in [0.2, 0.25) is 5.02 Å². The van der Waals surface area contributed by atoms with Gasteiger partial charge in [0.05, 0.1) is 16.1 Å². The van der Waals surface area contributed by atoms with Crippen molar-refractivity contribution in [3.8, 4) is 6.07 Å². The first kappa shape index (κ1) is 13.8. The Hall–Kier alpha value is -2.58. The average molecular weight is 290 g/mol. The van der Waals surface area contributed by atoms with Crippen molar-refractivity contribution in [3.05, 3.63) is 58.4 Å². The summed E-state index contributed by atoms with van der Waals surface area (Å²) in [5.74, 6) is -0.997. The van der Waals surface area contributed by atoms with Gasteiger partial charge in [0.2, 0.25) is 0 Å². The van der Waals surface area contributed by atoms with Crippen LogP contribution in [0.1, 0.15) is 15.9 Å². The summed E-state index contributed by atoms with van der Waals surface area (Å²) >= 11 is 5.86. The van der Waals surface area contributed by atoms with Gasteiger partial charge >= 0.3 is 0 Å². The normalized spacial score (nSPS) is 9.85. The fourth-order valence-electron chi connectivity index (χ4n) is 1.62. The number of nitrogens with one attached hydrogen (secondary N) is 1. The Morgan fingerprint density at radius 3 is 2.65 bits per heavy atom. The Morgan fingerprint density at radius 1 is 1.30 bits per heavy atom. The Balaban J connectivity index is 2.24. The number of hydrogen-bond acceptors (Lipinski definition) is 3. The van der Waals surface area contributed by atoms with Gasteiger partial charge in [-0.2, -0.15) is 5.26 Å². The molecular weight excluding hydrogens is 281 g/mol. The van der Waals surface area contributed by atoms with E-state index in [0.717, 1.165) is 12.1 Å². The molecule has 0 unspecified atom stereocenters. The van der Waals surface area contributed by atoms with Crippen LogP contribution in [0.15, 0.2) is 36.4 Å². The lowest BCUT2D eigenvalue weighted by molar-refractivity contribution is 0.102. The molecule has 2 aromatic rings. The molecule has 6 heteroatoms. The molecule has 0 aliphatic rings. The van der Waals surface area contributed by atoms with Gasteiger partial charge in [0.1, 0.15) is 11.9 Å². The molecule has 20 heavy (non-hydrogen) atoms. The van der Waals surface area contributed by atoms with Crippen molar-refractivity contribution in [1.29, 1.82) is 5.26 Å². The molecule has 0 saturated heterocycles. The highest BCUT2D eigenvalue weighted by atomic mass is 35.5. The maximum atomic E-state index is 12.9. The lowest BCUT2D eigenvalue weighted by Gasteiger charge is -2.08. The molecule has 0 heterocycles. The van der Waals surface area contributed by atoms with Crippen molar-refractivity contribution in [2.24, 2.45) is 0 Å². The van der Waals surface area contributed by atoms with E-state index in [1.807, 2.05) is 6.07 Å². The van der Waals surface area contributed by atoms with Crippen LogP contribution >= 0.6 is 11.6 Å². The molecule has 2 aromatic carbocycles. The second-order valence-electron chi connectivity index (χ2n) is 3.99. The van der Waals surface area contributed by atoms with Gasteiger partial charge in [-0.15, -0.1) is 0 Å². The number of halogens is 2. The maximum Gasteiger partial charge on any atom is 0.257 e. The van der Waals surface area contributed by atoms with Gasteiger partial charge in [0.15, 0.2) is 0 Å². The van der Waals surface area contributed by atoms with Crippen LogP contribution in [0.25, 0.3) is 0 Å². The lowest BCUT2D eigenvalue weighted by atomic mass is 10.1. The molecule has 0 atom stereocenters. The van der Waals surface area contributed by atoms with Gasteiger partial charge in [-0.25, -0.2) is 4.39 Å². The molecule has 4 nitrogen and oxygen atoms in total. The number of carbonyl (C=O) groups is 1. The highest BCUT2D eigenvalue weighted by Crippen LogP contribution is 2.21. The van der Waals surface area contributed by atoms with Crippen LogP contribution in [0.3, 0.4) is 0 Å². The fraction of sp³-hybridized carbons (Fsp3) is 0. The Morgan fingerprint density at radius 2 is 2.05 bits per heavy atom. The van der Waals surface area contributed by atoms with Crippen molar-refractivity contribution < 1.29 is 9.18 Å². The summed E-state index contributed by atoms with van der Waals surface area (Å²) in [4.78, 5) is 12.0. The minimum Gasteiger partial charge on any atom is -0.398 e. The largest absolute Gasteiger partial charge is 0.398 e. The molecule has 1 amide bonds. The number of hydrogen-bond donors (Lipinski definition) is 2. The minimum absolute atomic E-state index is 0.0437. The number of carbonyl (C=O) groups excluding carboxylic acids is 1. The summed E-state index contributed by atoms with van der Waals surface area (Å²) in [5.41, 5.74) is 6.51. The van der Waals surface area contributed by atoms with E-state index in [0.29, 0.717) is 11.3 Å². The molecule has 0 spiro atoms. The van der Waals surface area contributed by atoms with Gasteiger partial charge in [0, 0.05) is 11.4 Å². The number of nitrogens with zero attached hydrogens (tertiary/aromatic N) is 1. The first-order chi connectivity index (χ1) is 9.51. The minimum atomic E-state index is -0.513.